The van der Waals surface area contributed by atoms with Crippen molar-refractivity contribution in [3.8, 4) is 0 Å². The molecule has 0 saturated heterocycles. The fraction of sp³-hybridized carbons (Fsp3) is 0.120. The van der Waals surface area contributed by atoms with E-state index in [4.69, 9.17) is 0 Å². The third-order valence-corrected chi connectivity index (χ3v) is 5.05. The van der Waals surface area contributed by atoms with Crippen molar-refractivity contribution in [2.45, 2.75) is 19.5 Å². The van der Waals surface area contributed by atoms with E-state index in [1.165, 1.54) is 10.9 Å². The monoisotopic (exact) mass is 426 g/mol. The van der Waals surface area contributed by atoms with Crippen molar-refractivity contribution in [3.05, 3.63) is 107 Å². The molecule has 4 aromatic rings. The van der Waals surface area contributed by atoms with Crippen LogP contribution in [0.15, 0.2) is 90.0 Å². The second-order valence-corrected chi connectivity index (χ2v) is 7.27. The Hall–Kier alpha value is -4.26. The van der Waals surface area contributed by atoms with Crippen LogP contribution in [0.4, 0.5) is 5.69 Å². The molecule has 0 aliphatic rings. The normalized spacial score (nSPS) is 10.6. The highest BCUT2D eigenvalue weighted by Crippen LogP contribution is 2.16. The van der Waals surface area contributed by atoms with Crippen molar-refractivity contribution < 1.29 is 9.59 Å². The van der Waals surface area contributed by atoms with Crippen molar-refractivity contribution >= 4 is 28.4 Å². The van der Waals surface area contributed by atoms with Crippen LogP contribution in [0, 0.1) is 0 Å². The molecule has 4 rings (SSSR count). The lowest BCUT2D eigenvalue weighted by molar-refractivity contribution is -0.116. The van der Waals surface area contributed by atoms with Gasteiger partial charge in [0.25, 0.3) is 11.5 Å². The number of aromatic nitrogens is 2. The van der Waals surface area contributed by atoms with Crippen molar-refractivity contribution in [1.82, 2.24) is 14.9 Å². The lowest BCUT2D eigenvalue weighted by Crippen LogP contribution is -2.26. The Morgan fingerprint density at radius 2 is 1.59 bits per heavy atom. The molecule has 2 N–H and O–H groups in total. The predicted octanol–water partition coefficient (Wildman–Crippen LogP) is 3.36. The minimum Gasteiger partial charge on any atom is -0.348 e. The molecule has 3 aromatic carbocycles. The van der Waals surface area contributed by atoms with Gasteiger partial charge in [-0.25, -0.2) is 4.98 Å². The Bertz CT molecular complexity index is 1320. The topological polar surface area (TPSA) is 93.1 Å². The summed E-state index contributed by atoms with van der Waals surface area (Å²) in [5.41, 5.74) is 2.21. The fourth-order valence-electron chi connectivity index (χ4n) is 3.36. The third kappa shape index (κ3) is 4.89. The molecular formula is C25H22N4O3. The molecule has 0 radical (unpaired) electrons. The van der Waals surface area contributed by atoms with E-state index in [9.17, 15) is 14.4 Å². The molecule has 160 valence electrons. The predicted molar refractivity (Wildman–Crippen MR) is 123 cm³/mol. The summed E-state index contributed by atoms with van der Waals surface area (Å²) in [6.07, 6.45) is 1.52. The number of hydrogen-bond donors (Lipinski definition) is 2. The Balaban J connectivity index is 1.40. The first-order valence-corrected chi connectivity index (χ1v) is 10.3. The van der Waals surface area contributed by atoms with E-state index in [-0.39, 0.29) is 30.3 Å². The Morgan fingerprint density at radius 1 is 0.875 bits per heavy atom. The fourth-order valence-corrected chi connectivity index (χ4v) is 3.36. The number of carbonyl (C=O) groups excluding carboxylic acids is 2. The Labute approximate surface area is 184 Å². The number of benzene rings is 3. The maximum Gasteiger partial charge on any atom is 0.261 e. The van der Waals surface area contributed by atoms with E-state index in [1.807, 2.05) is 36.4 Å². The zero-order valence-corrected chi connectivity index (χ0v) is 17.3. The second-order valence-electron chi connectivity index (χ2n) is 7.27. The molecule has 0 bridgehead atoms. The largest absolute Gasteiger partial charge is 0.348 e. The zero-order valence-electron chi connectivity index (χ0n) is 17.3. The molecule has 0 atom stereocenters. The van der Waals surface area contributed by atoms with Crippen LogP contribution in [0.2, 0.25) is 0 Å². The van der Waals surface area contributed by atoms with E-state index in [0.717, 1.165) is 5.56 Å². The van der Waals surface area contributed by atoms with Crippen LogP contribution in [0.1, 0.15) is 22.3 Å². The van der Waals surface area contributed by atoms with Gasteiger partial charge in [-0.3, -0.25) is 19.0 Å². The number of nitrogens with zero attached hydrogens (tertiary/aromatic N) is 2. The second kappa shape index (κ2) is 9.70. The number of anilines is 1. The summed E-state index contributed by atoms with van der Waals surface area (Å²) in [6, 6.07) is 23.5. The molecule has 7 heteroatoms. The molecule has 0 spiro atoms. The molecule has 2 amide bonds. The smallest absolute Gasteiger partial charge is 0.261 e. The van der Waals surface area contributed by atoms with Crippen molar-refractivity contribution in [2.75, 3.05) is 5.32 Å². The van der Waals surface area contributed by atoms with Crippen LogP contribution >= 0.6 is 0 Å². The molecular weight excluding hydrogens is 404 g/mol. The summed E-state index contributed by atoms with van der Waals surface area (Å²) in [5.74, 6) is -0.576. The molecule has 1 aromatic heterocycles. The first-order chi connectivity index (χ1) is 15.6. The number of para-hydroxylation sites is 2. The van der Waals surface area contributed by atoms with Gasteiger partial charge in [0.2, 0.25) is 5.91 Å². The lowest BCUT2D eigenvalue weighted by atomic mass is 10.1. The van der Waals surface area contributed by atoms with Gasteiger partial charge in [0.05, 0.1) is 28.5 Å². The quantitative estimate of drug-likeness (QED) is 0.474. The van der Waals surface area contributed by atoms with Gasteiger partial charge in [-0.05, 0) is 29.8 Å². The highest BCUT2D eigenvalue weighted by atomic mass is 16.2. The maximum absolute atomic E-state index is 12.7. The summed E-state index contributed by atoms with van der Waals surface area (Å²) < 4.78 is 1.42. The standard InChI is InChI=1S/C25H22N4O3/c30-23(14-15-29-17-27-21-12-6-5-11-20(21)25(29)32)28-22-13-7-4-10-19(22)24(31)26-16-18-8-2-1-3-9-18/h1-13,17H,14-16H2,(H,26,31)(H,28,30). The van der Waals surface area contributed by atoms with Gasteiger partial charge in [0.15, 0.2) is 0 Å². The van der Waals surface area contributed by atoms with Crippen molar-refractivity contribution in [2.24, 2.45) is 0 Å². The minimum atomic E-state index is -0.298. The first kappa shape index (κ1) is 21.0. The van der Waals surface area contributed by atoms with E-state index in [1.54, 1.807) is 42.5 Å². The van der Waals surface area contributed by atoms with Crippen LogP contribution in [0.5, 0.6) is 0 Å². The number of hydrogen-bond acceptors (Lipinski definition) is 4. The summed E-state index contributed by atoms with van der Waals surface area (Å²) in [7, 11) is 0. The van der Waals surface area contributed by atoms with E-state index >= 15 is 0 Å². The molecule has 7 nitrogen and oxygen atoms in total. The number of nitrogens with one attached hydrogen (secondary N) is 2. The molecule has 0 saturated carbocycles. The molecule has 32 heavy (non-hydrogen) atoms. The lowest BCUT2D eigenvalue weighted by Gasteiger charge is -2.12. The maximum atomic E-state index is 12.7. The minimum absolute atomic E-state index is 0.0693. The number of rotatable bonds is 7. The van der Waals surface area contributed by atoms with Crippen LogP contribution < -0.4 is 16.2 Å². The highest BCUT2D eigenvalue weighted by Gasteiger charge is 2.13. The number of amides is 2. The number of fused-ring (bicyclic) bond motifs is 1. The van der Waals surface area contributed by atoms with Crippen LogP contribution in [-0.4, -0.2) is 21.4 Å². The van der Waals surface area contributed by atoms with Gasteiger partial charge in [0, 0.05) is 19.5 Å². The molecule has 1 heterocycles. The van der Waals surface area contributed by atoms with Gasteiger partial charge >= 0.3 is 0 Å². The average molecular weight is 426 g/mol. The van der Waals surface area contributed by atoms with Crippen molar-refractivity contribution in [3.63, 3.8) is 0 Å². The van der Waals surface area contributed by atoms with Crippen LogP contribution in [-0.2, 0) is 17.9 Å². The number of aryl methyl sites for hydroxylation is 1. The van der Waals surface area contributed by atoms with Crippen LogP contribution in [0.25, 0.3) is 10.9 Å². The van der Waals surface area contributed by atoms with E-state index < -0.39 is 0 Å². The molecule has 0 unspecified atom stereocenters. The van der Waals surface area contributed by atoms with Gasteiger partial charge in [-0.1, -0.05) is 54.6 Å². The molecule has 0 aliphatic carbocycles. The molecule has 0 fully saturated rings. The van der Waals surface area contributed by atoms with Gasteiger partial charge in [-0.15, -0.1) is 0 Å². The highest BCUT2D eigenvalue weighted by molar-refractivity contribution is 6.03. The summed E-state index contributed by atoms with van der Waals surface area (Å²) in [5, 5.41) is 6.16. The van der Waals surface area contributed by atoms with Gasteiger partial charge < -0.3 is 10.6 Å². The SMILES string of the molecule is O=C(CCn1cnc2ccccc2c1=O)Nc1ccccc1C(=O)NCc1ccccc1. The summed E-state index contributed by atoms with van der Waals surface area (Å²) in [6.45, 7) is 0.574. The van der Waals surface area contributed by atoms with Crippen molar-refractivity contribution in [1.29, 1.82) is 0 Å². The van der Waals surface area contributed by atoms with Gasteiger partial charge in [-0.2, -0.15) is 0 Å². The Morgan fingerprint density at radius 3 is 2.44 bits per heavy atom. The van der Waals surface area contributed by atoms with E-state index in [2.05, 4.69) is 15.6 Å². The molecule has 0 aliphatic heterocycles. The summed E-state index contributed by atoms with van der Waals surface area (Å²) >= 11 is 0. The van der Waals surface area contributed by atoms with Gasteiger partial charge in [0.1, 0.15) is 0 Å². The third-order valence-electron chi connectivity index (χ3n) is 5.05. The number of carbonyl (C=O) groups is 2. The van der Waals surface area contributed by atoms with Crippen LogP contribution in [0.3, 0.4) is 0 Å². The first-order valence-electron chi connectivity index (χ1n) is 10.3. The zero-order chi connectivity index (χ0) is 22.3. The summed E-state index contributed by atoms with van der Waals surface area (Å²) in [4.78, 5) is 42.0. The Kier molecular flexibility index (Phi) is 6.36. The van der Waals surface area contributed by atoms with E-state index in [0.29, 0.717) is 28.7 Å². The average Bonchev–Trinajstić information content (AvgIpc) is 2.83.